The summed E-state index contributed by atoms with van der Waals surface area (Å²) in [6.07, 6.45) is -1.90. The van der Waals surface area contributed by atoms with Crippen LogP contribution in [0.2, 0.25) is 0 Å². The Labute approximate surface area is 124 Å². The van der Waals surface area contributed by atoms with Crippen LogP contribution in [0.5, 0.6) is 0 Å². The molecule has 13 nitrogen and oxygen atoms in total. The molecule has 0 fully saturated rings. The van der Waals surface area contributed by atoms with E-state index < -0.39 is 30.3 Å². The smallest absolute Gasteiger partial charge is 0.417 e. The summed E-state index contributed by atoms with van der Waals surface area (Å²) in [4.78, 5) is 57.0. The SMILES string of the molecule is COC(=O)N(C)C(=O)NNC(=O)NNC(=O)N(C)C(=O)OC. The zero-order valence-corrected chi connectivity index (χ0v) is 12.3. The van der Waals surface area contributed by atoms with Crippen molar-refractivity contribution in [2.75, 3.05) is 28.3 Å². The average molecular weight is 320 g/mol. The third kappa shape index (κ3) is 5.81. The number of imide groups is 2. The van der Waals surface area contributed by atoms with Crippen molar-refractivity contribution < 1.29 is 33.4 Å². The fourth-order valence-corrected chi connectivity index (χ4v) is 0.859. The van der Waals surface area contributed by atoms with E-state index in [9.17, 15) is 24.0 Å². The van der Waals surface area contributed by atoms with E-state index in [1.165, 1.54) is 0 Å². The first-order chi connectivity index (χ1) is 10.2. The lowest BCUT2D eigenvalue weighted by molar-refractivity contribution is 0.135. The molecular weight excluding hydrogens is 304 g/mol. The van der Waals surface area contributed by atoms with Crippen LogP contribution in [-0.2, 0) is 9.47 Å². The maximum absolute atomic E-state index is 11.3. The lowest BCUT2D eigenvalue weighted by atomic mass is 10.8. The number of methoxy groups -OCH3 is 2. The van der Waals surface area contributed by atoms with Crippen LogP contribution >= 0.6 is 0 Å². The van der Waals surface area contributed by atoms with E-state index in [0.29, 0.717) is 9.80 Å². The van der Waals surface area contributed by atoms with Crippen LogP contribution in [-0.4, -0.2) is 68.4 Å². The molecule has 0 saturated heterocycles. The Morgan fingerprint density at radius 1 is 0.682 bits per heavy atom. The predicted octanol–water partition coefficient (Wildman–Crippen LogP) is -1.07. The first-order valence-electron chi connectivity index (χ1n) is 5.53. The van der Waals surface area contributed by atoms with E-state index in [4.69, 9.17) is 0 Å². The van der Waals surface area contributed by atoms with E-state index >= 15 is 0 Å². The number of carbonyl (C=O) groups excluding carboxylic acids is 5. The van der Waals surface area contributed by atoms with Gasteiger partial charge < -0.3 is 9.47 Å². The molecule has 0 spiro atoms. The minimum absolute atomic E-state index is 0.546. The Hall–Kier alpha value is -3.25. The molecule has 22 heavy (non-hydrogen) atoms. The highest BCUT2D eigenvalue weighted by atomic mass is 16.5. The van der Waals surface area contributed by atoms with Gasteiger partial charge in [-0.05, 0) is 0 Å². The summed E-state index contributed by atoms with van der Waals surface area (Å²) in [5.41, 5.74) is 7.37. The highest BCUT2D eigenvalue weighted by molar-refractivity contribution is 5.92. The molecule has 0 unspecified atom stereocenters. The molecule has 0 aromatic carbocycles. The second-order valence-corrected chi connectivity index (χ2v) is 3.50. The van der Waals surface area contributed by atoms with Crippen LogP contribution in [0.1, 0.15) is 0 Å². The molecule has 13 heteroatoms. The predicted molar refractivity (Wildman–Crippen MR) is 69.1 cm³/mol. The van der Waals surface area contributed by atoms with Crippen molar-refractivity contribution in [3.8, 4) is 0 Å². The quantitative estimate of drug-likeness (QED) is 0.414. The van der Waals surface area contributed by atoms with Crippen molar-refractivity contribution in [3.05, 3.63) is 0 Å². The van der Waals surface area contributed by atoms with Gasteiger partial charge in [0.1, 0.15) is 0 Å². The summed E-state index contributed by atoms with van der Waals surface area (Å²) in [5.74, 6) is 0. The number of hydrogen-bond acceptors (Lipinski definition) is 7. The maximum atomic E-state index is 11.3. The summed E-state index contributed by atoms with van der Waals surface area (Å²) in [6.45, 7) is 0. The van der Waals surface area contributed by atoms with Gasteiger partial charge in [0, 0.05) is 14.1 Å². The second kappa shape index (κ2) is 8.83. The molecule has 0 aliphatic heterocycles. The van der Waals surface area contributed by atoms with Crippen molar-refractivity contribution in [2.24, 2.45) is 0 Å². The van der Waals surface area contributed by atoms with Crippen LogP contribution in [0, 0.1) is 0 Å². The number of urea groups is 3. The number of amides is 8. The average Bonchev–Trinajstić information content (AvgIpc) is 2.54. The van der Waals surface area contributed by atoms with Crippen molar-refractivity contribution in [3.63, 3.8) is 0 Å². The number of hydrogen-bond donors (Lipinski definition) is 4. The highest BCUT2D eigenvalue weighted by Gasteiger charge is 2.19. The van der Waals surface area contributed by atoms with Gasteiger partial charge in [-0.1, -0.05) is 0 Å². The number of nitrogens with zero attached hydrogens (tertiary/aromatic N) is 2. The van der Waals surface area contributed by atoms with Crippen LogP contribution in [0.4, 0.5) is 24.0 Å². The van der Waals surface area contributed by atoms with Crippen molar-refractivity contribution >= 4 is 30.3 Å². The van der Waals surface area contributed by atoms with Crippen LogP contribution in [0.3, 0.4) is 0 Å². The minimum atomic E-state index is -1.04. The zero-order valence-electron chi connectivity index (χ0n) is 12.3. The third-order valence-electron chi connectivity index (χ3n) is 2.07. The van der Waals surface area contributed by atoms with Gasteiger partial charge in [-0.2, -0.15) is 0 Å². The minimum Gasteiger partial charge on any atom is -0.452 e. The molecule has 0 aliphatic rings. The molecule has 4 N–H and O–H groups in total. The van der Waals surface area contributed by atoms with Gasteiger partial charge in [-0.15, -0.1) is 0 Å². The van der Waals surface area contributed by atoms with E-state index in [1.54, 1.807) is 0 Å². The molecule has 0 saturated carbocycles. The van der Waals surface area contributed by atoms with Gasteiger partial charge in [0.15, 0.2) is 0 Å². The summed E-state index contributed by atoms with van der Waals surface area (Å²) >= 11 is 0. The van der Waals surface area contributed by atoms with E-state index in [0.717, 1.165) is 28.3 Å². The number of ether oxygens (including phenoxy) is 2. The molecule has 0 heterocycles. The molecule has 0 radical (unpaired) electrons. The first-order valence-corrected chi connectivity index (χ1v) is 5.53. The standard InChI is InChI=1S/C9H16N6O7/c1-14(8(19)21-3)6(17)12-10-5(16)11-13-7(18)15(2)9(20)22-4/h1-4H3,(H,12,17)(H,13,18)(H2,10,11,16). The van der Waals surface area contributed by atoms with Gasteiger partial charge in [-0.25, -0.2) is 55.5 Å². The summed E-state index contributed by atoms with van der Waals surface area (Å²) in [7, 11) is 4.35. The summed E-state index contributed by atoms with van der Waals surface area (Å²) in [5, 5.41) is 0. The number of rotatable bonds is 0. The first kappa shape index (κ1) is 18.8. The number of hydrazine groups is 2. The number of nitrogens with one attached hydrogen (secondary N) is 4. The van der Waals surface area contributed by atoms with Crippen molar-refractivity contribution in [2.45, 2.75) is 0 Å². The third-order valence-corrected chi connectivity index (χ3v) is 2.07. The molecule has 0 aromatic rings. The molecule has 0 rings (SSSR count). The highest BCUT2D eigenvalue weighted by Crippen LogP contribution is 1.88. The Balaban J connectivity index is 4.16. The maximum Gasteiger partial charge on any atom is 0.417 e. The monoisotopic (exact) mass is 320 g/mol. The molecular formula is C9H16N6O7. The van der Waals surface area contributed by atoms with Gasteiger partial charge >= 0.3 is 30.3 Å². The van der Waals surface area contributed by atoms with Gasteiger partial charge in [0.05, 0.1) is 14.2 Å². The van der Waals surface area contributed by atoms with Gasteiger partial charge in [-0.3, -0.25) is 0 Å². The van der Waals surface area contributed by atoms with E-state index in [-0.39, 0.29) is 0 Å². The number of carbonyl (C=O) groups is 5. The normalized spacial score (nSPS) is 8.91. The lowest BCUT2D eigenvalue weighted by Gasteiger charge is -2.17. The molecule has 8 amide bonds. The van der Waals surface area contributed by atoms with Crippen molar-refractivity contribution in [1.29, 1.82) is 0 Å². The van der Waals surface area contributed by atoms with Crippen LogP contribution in [0.15, 0.2) is 0 Å². The second-order valence-electron chi connectivity index (χ2n) is 3.50. The summed E-state index contributed by atoms with van der Waals surface area (Å²) < 4.78 is 8.54. The largest absolute Gasteiger partial charge is 0.452 e. The Morgan fingerprint density at radius 3 is 1.27 bits per heavy atom. The van der Waals surface area contributed by atoms with Crippen LogP contribution in [0.25, 0.3) is 0 Å². The summed E-state index contributed by atoms with van der Waals surface area (Å²) in [6, 6.07) is -3.02. The van der Waals surface area contributed by atoms with Gasteiger partial charge in [0.2, 0.25) is 0 Å². The topological polar surface area (TPSA) is 158 Å². The Morgan fingerprint density at radius 2 is 1.00 bits per heavy atom. The van der Waals surface area contributed by atoms with Crippen molar-refractivity contribution in [1.82, 2.24) is 31.5 Å². The molecule has 0 aromatic heterocycles. The zero-order chi connectivity index (χ0) is 17.3. The Bertz CT molecular complexity index is 427. The molecule has 0 aliphatic carbocycles. The fourth-order valence-electron chi connectivity index (χ4n) is 0.859. The van der Waals surface area contributed by atoms with E-state index in [2.05, 4.69) is 9.47 Å². The Kier molecular flexibility index (Phi) is 7.52. The molecule has 0 bridgehead atoms. The molecule has 0 atom stereocenters. The fraction of sp³-hybridized carbons (Fsp3) is 0.444. The van der Waals surface area contributed by atoms with E-state index in [1.807, 2.05) is 21.7 Å². The molecule has 124 valence electrons. The lowest BCUT2D eigenvalue weighted by Crippen LogP contribution is -2.57. The van der Waals surface area contributed by atoms with Gasteiger partial charge in [0.25, 0.3) is 0 Å². The van der Waals surface area contributed by atoms with Crippen LogP contribution < -0.4 is 21.7 Å².